The number of hydrogen-bond acceptors (Lipinski definition) is 3. The van der Waals surface area contributed by atoms with E-state index in [2.05, 4.69) is 4.72 Å². The van der Waals surface area contributed by atoms with Crippen LogP contribution in [0.2, 0.25) is 0 Å². The van der Waals surface area contributed by atoms with E-state index in [1.165, 1.54) is 24.3 Å². The van der Waals surface area contributed by atoms with Gasteiger partial charge in [-0.25, -0.2) is 17.5 Å². The Morgan fingerprint density at radius 2 is 1.67 bits per heavy atom. The van der Waals surface area contributed by atoms with Crippen molar-refractivity contribution >= 4 is 10.0 Å². The predicted octanol–water partition coefficient (Wildman–Crippen LogP) is 2.32. The molecule has 6 heteroatoms. The molecule has 0 aromatic heterocycles. The molecule has 0 unspecified atom stereocenters. The van der Waals surface area contributed by atoms with Crippen LogP contribution in [0, 0.1) is 5.82 Å². The highest BCUT2D eigenvalue weighted by molar-refractivity contribution is 7.88. The second-order valence-electron chi connectivity index (χ2n) is 4.44. The third kappa shape index (κ3) is 5.53. The second kappa shape index (κ2) is 7.19. The summed E-state index contributed by atoms with van der Waals surface area (Å²) in [6, 6.07) is 14.5. The fourth-order valence-corrected chi connectivity index (χ4v) is 2.87. The zero-order valence-electron chi connectivity index (χ0n) is 11.3. The average molecular weight is 309 g/mol. The van der Waals surface area contributed by atoms with Crippen molar-refractivity contribution in [1.29, 1.82) is 0 Å². The summed E-state index contributed by atoms with van der Waals surface area (Å²) in [5.74, 6) is 0.0919. The lowest BCUT2D eigenvalue weighted by atomic mass is 10.2. The Kier molecular flexibility index (Phi) is 5.30. The maximum Gasteiger partial charge on any atom is 0.215 e. The molecule has 0 atom stereocenters. The van der Waals surface area contributed by atoms with E-state index in [9.17, 15) is 12.8 Å². The van der Waals surface area contributed by atoms with Crippen molar-refractivity contribution in [2.24, 2.45) is 0 Å². The molecule has 112 valence electrons. The number of nitrogens with one attached hydrogen (secondary N) is 1. The van der Waals surface area contributed by atoms with Crippen LogP contribution >= 0.6 is 0 Å². The van der Waals surface area contributed by atoms with Crippen molar-refractivity contribution in [3.05, 3.63) is 66.0 Å². The summed E-state index contributed by atoms with van der Waals surface area (Å²) in [5, 5.41) is 0. The van der Waals surface area contributed by atoms with E-state index in [-0.39, 0.29) is 24.7 Å². The first-order chi connectivity index (χ1) is 10.1. The fraction of sp³-hybridized carbons (Fsp3) is 0.200. The summed E-state index contributed by atoms with van der Waals surface area (Å²) in [6.45, 7) is 0.339. The van der Waals surface area contributed by atoms with Crippen molar-refractivity contribution in [2.45, 2.75) is 5.75 Å². The van der Waals surface area contributed by atoms with Crippen LogP contribution in [0.25, 0.3) is 0 Å². The van der Waals surface area contributed by atoms with Crippen LogP contribution in [-0.2, 0) is 15.8 Å². The minimum atomic E-state index is -3.39. The molecule has 0 saturated heterocycles. The molecule has 0 heterocycles. The van der Waals surface area contributed by atoms with E-state index in [0.717, 1.165) is 5.56 Å². The first-order valence-corrected chi connectivity index (χ1v) is 8.10. The zero-order valence-corrected chi connectivity index (χ0v) is 12.1. The van der Waals surface area contributed by atoms with E-state index in [4.69, 9.17) is 4.74 Å². The molecule has 4 nitrogen and oxygen atoms in total. The number of sulfonamides is 1. The molecule has 2 aromatic carbocycles. The molecule has 0 spiro atoms. The van der Waals surface area contributed by atoms with Crippen molar-refractivity contribution in [1.82, 2.24) is 4.72 Å². The van der Waals surface area contributed by atoms with Gasteiger partial charge in [-0.1, -0.05) is 30.3 Å². The van der Waals surface area contributed by atoms with Gasteiger partial charge in [0, 0.05) is 6.54 Å². The molecule has 0 aliphatic rings. The van der Waals surface area contributed by atoms with Crippen molar-refractivity contribution in [2.75, 3.05) is 13.2 Å². The van der Waals surface area contributed by atoms with Gasteiger partial charge in [0.2, 0.25) is 10.0 Å². The predicted molar refractivity (Wildman–Crippen MR) is 79.0 cm³/mol. The molecule has 0 bridgehead atoms. The first kappa shape index (κ1) is 15.5. The fourth-order valence-electron chi connectivity index (χ4n) is 1.74. The van der Waals surface area contributed by atoms with Crippen LogP contribution in [-0.4, -0.2) is 21.6 Å². The average Bonchev–Trinajstić information content (AvgIpc) is 2.46. The van der Waals surface area contributed by atoms with Crippen molar-refractivity contribution in [3.8, 4) is 5.75 Å². The SMILES string of the molecule is O=S(=O)(Cc1ccccc1)NCCOc1ccc(F)cc1. The lowest BCUT2D eigenvalue weighted by Crippen LogP contribution is -2.29. The third-order valence-electron chi connectivity index (χ3n) is 2.71. The number of halogens is 1. The molecule has 1 N–H and O–H groups in total. The number of hydrogen-bond donors (Lipinski definition) is 1. The Labute approximate surface area is 123 Å². The van der Waals surface area contributed by atoms with Gasteiger partial charge in [-0.3, -0.25) is 0 Å². The Morgan fingerprint density at radius 3 is 2.33 bits per heavy atom. The third-order valence-corrected chi connectivity index (χ3v) is 4.06. The van der Waals surface area contributed by atoms with Gasteiger partial charge in [0.15, 0.2) is 0 Å². The number of benzene rings is 2. The van der Waals surface area contributed by atoms with Crippen molar-refractivity contribution < 1.29 is 17.5 Å². The van der Waals surface area contributed by atoms with E-state index in [0.29, 0.717) is 5.75 Å². The van der Waals surface area contributed by atoms with Crippen LogP contribution in [0.5, 0.6) is 5.75 Å². The highest BCUT2D eigenvalue weighted by atomic mass is 32.2. The lowest BCUT2D eigenvalue weighted by Gasteiger charge is -2.08. The topological polar surface area (TPSA) is 55.4 Å². The molecule has 0 aliphatic carbocycles. The van der Waals surface area contributed by atoms with Crippen LogP contribution < -0.4 is 9.46 Å². The molecule has 21 heavy (non-hydrogen) atoms. The Hall–Kier alpha value is -1.92. The van der Waals surface area contributed by atoms with Gasteiger partial charge in [0.25, 0.3) is 0 Å². The minimum Gasteiger partial charge on any atom is -0.492 e. The summed E-state index contributed by atoms with van der Waals surface area (Å²) >= 11 is 0. The summed E-state index contributed by atoms with van der Waals surface area (Å²) < 4.78 is 44.1. The monoisotopic (exact) mass is 309 g/mol. The first-order valence-electron chi connectivity index (χ1n) is 6.45. The molecule has 0 amide bonds. The van der Waals surface area contributed by atoms with Gasteiger partial charge in [-0.15, -0.1) is 0 Å². The largest absolute Gasteiger partial charge is 0.492 e. The molecule has 0 fully saturated rings. The van der Waals surface area contributed by atoms with Crippen LogP contribution in [0.15, 0.2) is 54.6 Å². The summed E-state index contributed by atoms with van der Waals surface area (Å²) in [4.78, 5) is 0. The standard InChI is InChI=1S/C15H16FNO3S/c16-14-6-8-15(9-7-14)20-11-10-17-21(18,19)12-13-4-2-1-3-5-13/h1-9,17H,10-12H2. The molecular formula is C15H16FNO3S. The maximum atomic E-state index is 12.7. The molecule has 0 aliphatic heterocycles. The highest BCUT2D eigenvalue weighted by Crippen LogP contribution is 2.10. The summed E-state index contributed by atoms with van der Waals surface area (Å²) in [7, 11) is -3.39. The van der Waals surface area contributed by atoms with Gasteiger partial charge < -0.3 is 4.74 Å². The quantitative estimate of drug-likeness (QED) is 0.799. The number of ether oxygens (including phenoxy) is 1. The second-order valence-corrected chi connectivity index (χ2v) is 6.25. The smallest absolute Gasteiger partial charge is 0.215 e. The van der Waals surface area contributed by atoms with E-state index in [1.54, 1.807) is 24.3 Å². The normalized spacial score (nSPS) is 11.3. The van der Waals surface area contributed by atoms with Gasteiger partial charge >= 0.3 is 0 Å². The van der Waals surface area contributed by atoms with E-state index in [1.807, 2.05) is 6.07 Å². The van der Waals surface area contributed by atoms with Gasteiger partial charge in [-0.2, -0.15) is 0 Å². The van der Waals surface area contributed by atoms with Crippen LogP contribution in [0.3, 0.4) is 0 Å². The van der Waals surface area contributed by atoms with E-state index >= 15 is 0 Å². The van der Waals surface area contributed by atoms with Crippen molar-refractivity contribution in [3.63, 3.8) is 0 Å². The number of rotatable bonds is 7. The molecule has 0 saturated carbocycles. The summed E-state index contributed by atoms with van der Waals surface area (Å²) in [5.41, 5.74) is 0.726. The molecular weight excluding hydrogens is 293 g/mol. The zero-order chi connectivity index (χ0) is 15.1. The Balaban J connectivity index is 1.76. The van der Waals surface area contributed by atoms with Gasteiger partial charge in [0.1, 0.15) is 18.2 Å². The van der Waals surface area contributed by atoms with Crippen LogP contribution in [0.1, 0.15) is 5.56 Å². The molecule has 2 aromatic rings. The van der Waals surface area contributed by atoms with Gasteiger partial charge in [0.05, 0.1) is 5.75 Å². The molecule has 2 rings (SSSR count). The molecule has 0 radical (unpaired) electrons. The van der Waals surface area contributed by atoms with Gasteiger partial charge in [-0.05, 0) is 29.8 Å². The Bertz CT molecular complexity index is 657. The Morgan fingerprint density at radius 1 is 1.00 bits per heavy atom. The minimum absolute atomic E-state index is 0.0651. The van der Waals surface area contributed by atoms with E-state index < -0.39 is 10.0 Å². The maximum absolute atomic E-state index is 12.7. The highest BCUT2D eigenvalue weighted by Gasteiger charge is 2.10. The lowest BCUT2D eigenvalue weighted by molar-refractivity contribution is 0.322. The van der Waals surface area contributed by atoms with Crippen LogP contribution in [0.4, 0.5) is 4.39 Å². The summed E-state index contributed by atoms with van der Waals surface area (Å²) in [6.07, 6.45) is 0.